The standard InChI is InChI=1S/C16H24F3N3O2/c1-3-9-22-10-8-12(14(22)23)21(2)15(24)20-13(16(17,18)19)11-6-4-5-7-11/h3,11-13H,1,4-10H2,2H3,(H,20,24)/t12-,13+/m1/s1. The van der Waals surface area contributed by atoms with Crippen LogP contribution in [0.1, 0.15) is 32.1 Å². The normalized spacial score (nSPS) is 23.4. The van der Waals surface area contributed by atoms with Crippen LogP contribution >= 0.6 is 0 Å². The van der Waals surface area contributed by atoms with Gasteiger partial charge >= 0.3 is 12.2 Å². The molecule has 1 saturated carbocycles. The number of nitrogens with zero attached hydrogens (tertiary/aromatic N) is 2. The molecule has 0 radical (unpaired) electrons. The lowest BCUT2D eigenvalue weighted by atomic mass is 9.98. The fourth-order valence-corrected chi connectivity index (χ4v) is 3.55. The van der Waals surface area contributed by atoms with Crippen molar-refractivity contribution >= 4 is 11.9 Å². The Morgan fingerprint density at radius 3 is 2.58 bits per heavy atom. The summed E-state index contributed by atoms with van der Waals surface area (Å²) in [6.45, 7) is 4.41. The molecule has 1 heterocycles. The summed E-state index contributed by atoms with van der Waals surface area (Å²) in [5.41, 5.74) is 0. The van der Waals surface area contributed by atoms with Gasteiger partial charge in [0.1, 0.15) is 12.1 Å². The van der Waals surface area contributed by atoms with Gasteiger partial charge in [0, 0.05) is 20.1 Å². The maximum Gasteiger partial charge on any atom is 0.408 e. The molecule has 0 aromatic heterocycles. The van der Waals surface area contributed by atoms with E-state index in [4.69, 9.17) is 0 Å². The second-order valence-electron chi connectivity index (χ2n) is 6.50. The predicted octanol–water partition coefficient (Wildman–Crippen LogP) is 2.54. The van der Waals surface area contributed by atoms with Gasteiger partial charge in [-0.2, -0.15) is 13.2 Å². The van der Waals surface area contributed by atoms with E-state index in [1.165, 1.54) is 7.05 Å². The van der Waals surface area contributed by atoms with Crippen LogP contribution in [0, 0.1) is 5.92 Å². The second kappa shape index (κ2) is 7.44. The molecule has 0 aromatic carbocycles. The minimum atomic E-state index is -4.49. The van der Waals surface area contributed by atoms with E-state index >= 15 is 0 Å². The number of carbonyl (C=O) groups is 2. The molecule has 3 amide bonds. The average molecular weight is 347 g/mol. The van der Waals surface area contributed by atoms with Crippen molar-refractivity contribution in [3.63, 3.8) is 0 Å². The Morgan fingerprint density at radius 1 is 1.42 bits per heavy atom. The smallest absolute Gasteiger partial charge is 0.337 e. The Bertz CT molecular complexity index is 489. The largest absolute Gasteiger partial charge is 0.408 e. The van der Waals surface area contributed by atoms with Crippen LogP contribution in [0.4, 0.5) is 18.0 Å². The Hall–Kier alpha value is -1.73. The molecule has 5 nitrogen and oxygen atoms in total. The van der Waals surface area contributed by atoms with Gasteiger partial charge in [0.05, 0.1) is 0 Å². The van der Waals surface area contributed by atoms with Gasteiger partial charge in [-0.1, -0.05) is 18.9 Å². The van der Waals surface area contributed by atoms with E-state index in [0.717, 1.165) is 17.7 Å². The number of hydrogen-bond acceptors (Lipinski definition) is 2. The molecule has 0 bridgehead atoms. The summed E-state index contributed by atoms with van der Waals surface area (Å²) in [5.74, 6) is -0.837. The minimum absolute atomic E-state index is 0.253. The molecule has 0 spiro atoms. The number of alkyl halides is 3. The molecular weight excluding hydrogens is 323 g/mol. The minimum Gasteiger partial charge on any atom is -0.337 e. The molecule has 2 rings (SSSR count). The first kappa shape index (κ1) is 18.6. The molecule has 1 aliphatic heterocycles. The first-order chi connectivity index (χ1) is 11.3. The van der Waals surface area contributed by atoms with Crippen LogP contribution < -0.4 is 5.32 Å². The van der Waals surface area contributed by atoms with Crippen molar-refractivity contribution in [2.45, 2.75) is 50.4 Å². The van der Waals surface area contributed by atoms with Crippen LogP contribution in [0.3, 0.4) is 0 Å². The number of rotatable bonds is 5. The molecule has 1 aliphatic carbocycles. The van der Waals surface area contributed by atoms with Crippen LogP contribution in [0.5, 0.6) is 0 Å². The lowest BCUT2D eigenvalue weighted by molar-refractivity contribution is -0.165. The number of likely N-dealkylation sites (tertiary alicyclic amines) is 1. The van der Waals surface area contributed by atoms with Gasteiger partial charge in [-0.3, -0.25) is 4.79 Å². The molecule has 8 heteroatoms. The summed E-state index contributed by atoms with van der Waals surface area (Å²) in [5, 5.41) is 2.11. The fraction of sp³-hybridized carbons (Fsp3) is 0.750. The van der Waals surface area contributed by atoms with E-state index in [1.807, 2.05) is 0 Å². The van der Waals surface area contributed by atoms with Crippen molar-refractivity contribution in [1.29, 1.82) is 0 Å². The summed E-state index contributed by atoms with van der Waals surface area (Å²) >= 11 is 0. The topological polar surface area (TPSA) is 52.6 Å². The molecular formula is C16H24F3N3O2. The summed E-state index contributed by atoms with van der Waals surface area (Å²) in [6.07, 6.45) is -0.0641. The molecule has 1 N–H and O–H groups in total. The lowest BCUT2D eigenvalue weighted by Crippen LogP contribution is -2.55. The summed E-state index contributed by atoms with van der Waals surface area (Å²) in [7, 11) is 1.37. The maximum absolute atomic E-state index is 13.3. The highest BCUT2D eigenvalue weighted by molar-refractivity contribution is 5.88. The zero-order valence-electron chi connectivity index (χ0n) is 13.8. The summed E-state index contributed by atoms with van der Waals surface area (Å²) in [6, 6.07) is -3.42. The van der Waals surface area contributed by atoms with E-state index in [1.54, 1.807) is 11.0 Å². The van der Waals surface area contributed by atoms with E-state index < -0.39 is 30.2 Å². The Balaban J connectivity index is 2.01. The maximum atomic E-state index is 13.3. The quantitative estimate of drug-likeness (QED) is 0.777. The van der Waals surface area contributed by atoms with Crippen molar-refractivity contribution in [2.75, 3.05) is 20.1 Å². The monoisotopic (exact) mass is 347 g/mol. The van der Waals surface area contributed by atoms with Gasteiger partial charge in [-0.05, 0) is 25.2 Å². The zero-order chi connectivity index (χ0) is 17.9. The summed E-state index contributed by atoms with van der Waals surface area (Å²) in [4.78, 5) is 27.1. The fourth-order valence-electron chi connectivity index (χ4n) is 3.55. The van der Waals surface area contributed by atoms with Crippen LogP contribution in [-0.2, 0) is 4.79 Å². The molecule has 136 valence electrons. The Kier molecular flexibility index (Phi) is 5.77. The van der Waals surface area contributed by atoms with Crippen molar-refractivity contribution in [3.05, 3.63) is 12.7 Å². The highest BCUT2D eigenvalue weighted by Gasteiger charge is 2.47. The number of likely N-dealkylation sites (N-methyl/N-ethyl adjacent to an activating group) is 1. The van der Waals surface area contributed by atoms with Gasteiger partial charge in [0.2, 0.25) is 5.91 Å². The van der Waals surface area contributed by atoms with Crippen LogP contribution in [0.25, 0.3) is 0 Å². The highest BCUT2D eigenvalue weighted by Crippen LogP contribution is 2.35. The Labute approximate surface area is 139 Å². The Morgan fingerprint density at radius 2 is 2.04 bits per heavy atom. The average Bonchev–Trinajstić information content (AvgIpc) is 3.14. The van der Waals surface area contributed by atoms with E-state index in [9.17, 15) is 22.8 Å². The van der Waals surface area contributed by atoms with Gasteiger partial charge in [0.25, 0.3) is 0 Å². The first-order valence-corrected chi connectivity index (χ1v) is 8.25. The van der Waals surface area contributed by atoms with E-state index in [0.29, 0.717) is 32.4 Å². The molecule has 24 heavy (non-hydrogen) atoms. The van der Waals surface area contributed by atoms with Crippen LogP contribution in [0.2, 0.25) is 0 Å². The number of nitrogens with one attached hydrogen (secondary N) is 1. The third-order valence-electron chi connectivity index (χ3n) is 4.91. The molecule has 2 fully saturated rings. The van der Waals surface area contributed by atoms with Gasteiger partial charge in [-0.25, -0.2) is 4.79 Å². The highest BCUT2D eigenvalue weighted by atomic mass is 19.4. The van der Waals surface area contributed by atoms with Crippen molar-refractivity contribution in [3.8, 4) is 0 Å². The third kappa shape index (κ3) is 4.02. The second-order valence-corrected chi connectivity index (χ2v) is 6.50. The van der Waals surface area contributed by atoms with Crippen molar-refractivity contribution in [2.24, 2.45) is 5.92 Å². The van der Waals surface area contributed by atoms with Crippen LogP contribution in [0.15, 0.2) is 12.7 Å². The summed E-state index contributed by atoms with van der Waals surface area (Å²) < 4.78 is 39.9. The number of carbonyl (C=O) groups excluding carboxylic acids is 2. The first-order valence-electron chi connectivity index (χ1n) is 8.25. The predicted molar refractivity (Wildman–Crippen MR) is 83.3 cm³/mol. The number of urea groups is 1. The van der Waals surface area contributed by atoms with Crippen LogP contribution in [-0.4, -0.2) is 60.1 Å². The molecule has 1 saturated heterocycles. The lowest BCUT2D eigenvalue weighted by Gasteiger charge is -2.31. The SMILES string of the molecule is C=CCN1CC[C@@H](N(C)C(=O)N[C@@H](C2CCCC2)C(F)(F)F)C1=O. The molecule has 2 atom stereocenters. The van der Waals surface area contributed by atoms with Gasteiger partial charge < -0.3 is 15.1 Å². The molecule has 0 aromatic rings. The van der Waals surface area contributed by atoms with E-state index in [-0.39, 0.29) is 5.91 Å². The van der Waals surface area contributed by atoms with E-state index in [2.05, 4.69) is 11.9 Å². The zero-order valence-corrected chi connectivity index (χ0v) is 13.8. The van der Waals surface area contributed by atoms with Gasteiger partial charge in [-0.15, -0.1) is 6.58 Å². The van der Waals surface area contributed by atoms with Crippen molar-refractivity contribution in [1.82, 2.24) is 15.1 Å². The molecule has 2 aliphatic rings. The number of amides is 3. The number of hydrogen-bond donors (Lipinski definition) is 1. The van der Waals surface area contributed by atoms with Crippen molar-refractivity contribution < 1.29 is 22.8 Å². The third-order valence-corrected chi connectivity index (χ3v) is 4.91. The number of halogens is 3. The molecule has 0 unspecified atom stereocenters. The van der Waals surface area contributed by atoms with Gasteiger partial charge in [0.15, 0.2) is 0 Å².